The average molecular weight is 547 g/mol. The molecule has 0 bridgehead atoms. The van der Waals surface area contributed by atoms with E-state index >= 15 is 0 Å². The van der Waals surface area contributed by atoms with Gasteiger partial charge in [0.05, 0.1) is 31.5 Å². The fraction of sp³-hybridized carbons (Fsp3) is 0.160. The number of carbonyl (C=O) groups is 1. The molecule has 0 saturated heterocycles. The van der Waals surface area contributed by atoms with Gasteiger partial charge in [-0.05, 0) is 48.0 Å². The van der Waals surface area contributed by atoms with E-state index in [1.165, 1.54) is 38.1 Å². The Labute approximate surface area is 221 Å². The zero-order valence-corrected chi connectivity index (χ0v) is 21.6. The molecule has 4 rings (SSSR count). The fourth-order valence-electron chi connectivity index (χ4n) is 3.46. The number of methoxy groups -OCH3 is 2. The lowest BCUT2D eigenvalue weighted by atomic mass is 10.1. The smallest absolute Gasteiger partial charge is 0.259 e. The summed E-state index contributed by atoms with van der Waals surface area (Å²) in [7, 11) is 2.96. The zero-order valence-electron chi connectivity index (χ0n) is 19.3. The highest BCUT2D eigenvalue weighted by Gasteiger charge is 2.21. The summed E-state index contributed by atoms with van der Waals surface area (Å²) in [5.74, 6) is 1.03. The molecule has 1 N–H and O–H groups in total. The number of benzene rings is 3. The maximum atomic E-state index is 13.3. The first-order valence-corrected chi connectivity index (χ1v) is 12.4. The van der Waals surface area contributed by atoms with E-state index in [1.807, 2.05) is 0 Å². The molecule has 0 aliphatic rings. The van der Waals surface area contributed by atoms with Crippen LogP contribution < -0.4 is 14.8 Å². The number of nitrogens with one attached hydrogen (secondary N) is 1. The highest BCUT2D eigenvalue weighted by atomic mass is 35.5. The summed E-state index contributed by atoms with van der Waals surface area (Å²) in [6, 6.07) is 16.4. The maximum Gasteiger partial charge on any atom is 0.259 e. The summed E-state index contributed by atoms with van der Waals surface area (Å²) in [5, 5.41) is 12.9. The number of carbonyl (C=O) groups excluding carboxylic acids is 1. The number of thioether (sulfide) groups is 1. The molecule has 0 fully saturated rings. The SMILES string of the molecule is COc1cccc(OC)c1C(=O)NCc1nnc(SCc2ccc(F)cc2)n1-c1ccc(Cl)cc1Cl. The molecule has 4 aromatic rings. The molecule has 1 heterocycles. The normalized spacial score (nSPS) is 10.8. The second-order valence-electron chi connectivity index (χ2n) is 7.47. The van der Waals surface area contributed by atoms with Gasteiger partial charge in [-0.2, -0.15) is 0 Å². The van der Waals surface area contributed by atoms with Gasteiger partial charge >= 0.3 is 0 Å². The Kier molecular flexibility index (Phi) is 8.35. The summed E-state index contributed by atoms with van der Waals surface area (Å²) in [6.45, 7) is 0.0447. The van der Waals surface area contributed by atoms with Crippen LogP contribution in [0.5, 0.6) is 11.5 Å². The van der Waals surface area contributed by atoms with Gasteiger partial charge in [0.15, 0.2) is 11.0 Å². The molecule has 36 heavy (non-hydrogen) atoms. The lowest BCUT2D eigenvalue weighted by Gasteiger charge is -2.14. The van der Waals surface area contributed by atoms with Crippen molar-refractivity contribution in [3.05, 3.63) is 93.5 Å². The van der Waals surface area contributed by atoms with Crippen LogP contribution in [0.2, 0.25) is 10.0 Å². The summed E-state index contributed by atoms with van der Waals surface area (Å²) in [5.41, 5.74) is 1.78. The average Bonchev–Trinajstić information content (AvgIpc) is 3.28. The van der Waals surface area contributed by atoms with Gasteiger partial charge in [0.2, 0.25) is 0 Å². The molecule has 186 valence electrons. The number of hydrogen-bond donors (Lipinski definition) is 1. The van der Waals surface area contributed by atoms with E-state index in [2.05, 4.69) is 15.5 Å². The highest BCUT2D eigenvalue weighted by Crippen LogP contribution is 2.31. The van der Waals surface area contributed by atoms with Crippen LogP contribution in [0.4, 0.5) is 4.39 Å². The topological polar surface area (TPSA) is 78.3 Å². The van der Waals surface area contributed by atoms with Crippen molar-refractivity contribution >= 4 is 40.9 Å². The standard InChI is InChI=1S/C25H21Cl2FN4O3S/c1-34-20-4-3-5-21(35-2)23(20)24(33)29-13-22-30-31-25(36-14-15-6-9-17(28)10-7-15)32(22)19-11-8-16(26)12-18(19)27/h3-12H,13-14H2,1-2H3,(H,29,33). The number of rotatable bonds is 9. The van der Waals surface area contributed by atoms with Crippen molar-refractivity contribution in [2.24, 2.45) is 0 Å². The predicted molar refractivity (Wildman–Crippen MR) is 138 cm³/mol. The third-order valence-electron chi connectivity index (χ3n) is 5.19. The van der Waals surface area contributed by atoms with Crippen molar-refractivity contribution in [3.63, 3.8) is 0 Å². The monoisotopic (exact) mass is 546 g/mol. The Bertz CT molecular complexity index is 1360. The number of nitrogens with zero attached hydrogens (tertiary/aromatic N) is 3. The summed E-state index contributed by atoms with van der Waals surface area (Å²) in [6.07, 6.45) is 0. The van der Waals surface area contributed by atoms with Crippen molar-refractivity contribution in [2.45, 2.75) is 17.5 Å². The number of hydrogen-bond acceptors (Lipinski definition) is 6. The molecule has 1 amide bonds. The second-order valence-corrected chi connectivity index (χ2v) is 9.25. The molecule has 0 saturated carbocycles. The third-order valence-corrected chi connectivity index (χ3v) is 6.73. The molecule has 3 aromatic carbocycles. The maximum absolute atomic E-state index is 13.3. The zero-order chi connectivity index (χ0) is 25.7. The van der Waals surface area contributed by atoms with E-state index in [0.29, 0.717) is 44.0 Å². The minimum absolute atomic E-state index is 0.0447. The molecular weight excluding hydrogens is 526 g/mol. The van der Waals surface area contributed by atoms with Gasteiger partial charge in [-0.15, -0.1) is 10.2 Å². The van der Waals surface area contributed by atoms with Crippen molar-refractivity contribution in [1.29, 1.82) is 0 Å². The van der Waals surface area contributed by atoms with Crippen molar-refractivity contribution in [1.82, 2.24) is 20.1 Å². The van der Waals surface area contributed by atoms with Crippen LogP contribution in [0.3, 0.4) is 0 Å². The Hall–Kier alpha value is -3.27. The molecule has 1 aromatic heterocycles. The molecule has 0 aliphatic carbocycles. The minimum atomic E-state index is -0.401. The Morgan fingerprint density at radius 1 is 1.03 bits per heavy atom. The summed E-state index contributed by atoms with van der Waals surface area (Å²) in [4.78, 5) is 13.1. The first-order chi connectivity index (χ1) is 17.4. The first-order valence-electron chi connectivity index (χ1n) is 10.7. The van der Waals surface area contributed by atoms with Gasteiger partial charge in [-0.3, -0.25) is 9.36 Å². The van der Waals surface area contributed by atoms with E-state index in [4.69, 9.17) is 32.7 Å². The predicted octanol–water partition coefficient (Wildman–Crippen LogP) is 5.95. The van der Waals surface area contributed by atoms with Crippen LogP contribution in [-0.4, -0.2) is 34.9 Å². The lowest BCUT2D eigenvalue weighted by Crippen LogP contribution is -2.25. The first kappa shape index (κ1) is 25.8. The molecule has 0 unspecified atom stereocenters. The van der Waals surface area contributed by atoms with Crippen LogP contribution in [0.25, 0.3) is 5.69 Å². The number of aromatic nitrogens is 3. The van der Waals surface area contributed by atoms with Crippen molar-refractivity contribution < 1.29 is 18.7 Å². The lowest BCUT2D eigenvalue weighted by molar-refractivity contribution is 0.0943. The fourth-order valence-corrected chi connectivity index (χ4v) is 4.88. The summed E-state index contributed by atoms with van der Waals surface area (Å²) >= 11 is 14.0. The Morgan fingerprint density at radius 3 is 2.36 bits per heavy atom. The van der Waals surface area contributed by atoms with Crippen molar-refractivity contribution in [3.8, 4) is 17.2 Å². The quantitative estimate of drug-likeness (QED) is 0.261. The molecule has 0 aliphatic heterocycles. The summed E-state index contributed by atoms with van der Waals surface area (Å²) < 4.78 is 25.7. The van der Waals surface area contributed by atoms with Gasteiger partial charge in [-0.1, -0.05) is 53.2 Å². The molecule has 0 atom stereocenters. The van der Waals surface area contributed by atoms with E-state index in [0.717, 1.165) is 5.56 Å². The van der Waals surface area contributed by atoms with Crippen molar-refractivity contribution in [2.75, 3.05) is 14.2 Å². The van der Waals surface area contributed by atoms with E-state index in [-0.39, 0.29) is 17.9 Å². The van der Waals surface area contributed by atoms with E-state index in [1.54, 1.807) is 53.1 Å². The molecule has 7 nitrogen and oxygen atoms in total. The Morgan fingerprint density at radius 2 is 1.72 bits per heavy atom. The number of ether oxygens (including phenoxy) is 2. The Balaban J connectivity index is 1.63. The van der Waals surface area contributed by atoms with Crippen LogP contribution in [0, 0.1) is 5.82 Å². The number of halogens is 3. The molecule has 0 radical (unpaired) electrons. The van der Waals surface area contributed by atoms with Crippen LogP contribution in [0.1, 0.15) is 21.7 Å². The van der Waals surface area contributed by atoms with Crippen LogP contribution in [0.15, 0.2) is 65.8 Å². The molecule has 0 spiro atoms. The molecule has 11 heteroatoms. The number of amides is 1. The van der Waals surface area contributed by atoms with Gasteiger partial charge < -0.3 is 14.8 Å². The highest BCUT2D eigenvalue weighted by molar-refractivity contribution is 7.98. The largest absolute Gasteiger partial charge is 0.496 e. The van der Waals surface area contributed by atoms with Gasteiger partial charge in [0.25, 0.3) is 5.91 Å². The third kappa shape index (κ3) is 5.75. The van der Waals surface area contributed by atoms with Gasteiger partial charge in [-0.25, -0.2) is 4.39 Å². The second kappa shape index (κ2) is 11.6. The van der Waals surface area contributed by atoms with E-state index in [9.17, 15) is 9.18 Å². The van der Waals surface area contributed by atoms with Gasteiger partial charge in [0.1, 0.15) is 22.9 Å². The van der Waals surface area contributed by atoms with E-state index < -0.39 is 5.91 Å². The minimum Gasteiger partial charge on any atom is -0.496 e. The molecular formula is C25H21Cl2FN4O3S. The van der Waals surface area contributed by atoms with Gasteiger partial charge in [0, 0.05) is 10.8 Å². The van der Waals surface area contributed by atoms with Crippen LogP contribution >= 0.6 is 35.0 Å². The van der Waals surface area contributed by atoms with Crippen LogP contribution in [-0.2, 0) is 12.3 Å².